The van der Waals surface area contributed by atoms with E-state index >= 15 is 0 Å². The maximum atomic E-state index is 13.4. The molecule has 2 aromatic carbocycles. The fourth-order valence-electron chi connectivity index (χ4n) is 1.39. The number of nitrogen functional groups attached to an aromatic ring is 1. The van der Waals surface area contributed by atoms with Crippen LogP contribution in [0.15, 0.2) is 36.4 Å². The molecule has 0 spiro atoms. The summed E-state index contributed by atoms with van der Waals surface area (Å²) >= 11 is 1.86. The summed E-state index contributed by atoms with van der Waals surface area (Å²) in [6, 6.07) is 11.3. The lowest BCUT2D eigenvalue weighted by atomic mass is 10.2. The monoisotopic (exact) mass is 354 g/mol. The topological polar surface area (TPSA) is 59.0 Å². The number of rotatable bonds is 2. The van der Waals surface area contributed by atoms with Gasteiger partial charge in [-0.3, -0.25) is 0 Å². The molecule has 0 aliphatic carbocycles. The van der Waals surface area contributed by atoms with Gasteiger partial charge in [0, 0.05) is 6.07 Å². The van der Waals surface area contributed by atoms with E-state index in [9.17, 15) is 4.39 Å². The predicted molar refractivity (Wildman–Crippen MR) is 74.8 cm³/mol. The van der Waals surface area contributed by atoms with Crippen molar-refractivity contribution in [2.24, 2.45) is 0 Å². The number of hydrogen-bond acceptors (Lipinski definition) is 3. The summed E-state index contributed by atoms with van der Waals surface area (Å²) in [5.41, 5.74) is 6.57. The van der Waals surface area contributed by atoms with Crippen molar-refractivity contribution in [2.45, 2.75) is 0 Å². The van der Waals surface area contributed by atoms with Crippen molar-refractivity contribution in [1.29, 1.82) is 5.26 Å². The number of hydrogen-bond donors (Lipinski definition) is 1. The molecular weight excluding hydrogens is 346 g/mol. The van der Waals surface area contributed by atoms with E-state index in [0.717, 1.165) is 0 Å². The fourth-order valence-corrected chi connectivity index (χ4v) is 1.88. The first-order valence-corrected chi connectivity index (χ1v) is 6.10. The number of ether oxygens (including phenoxy) is 1. The molecule has 0 aliphatic rings. The number of anilines is 1. The molecular formula is C13H8FIN2O. The van der Waals surface area contributed by atoms with Gasteiger partial charge in [-0.15, -0.1) is 0 Å². The molecule has 3 nitrogen and oxygen atoms in total. The number of benzene rings is 2. The van der Waals surface area contributed by atoms with Crippen molar-refractivity contribution >= 4 is 28.3 Å². The summed E-state index contributed by atoms with van der Waals surface area (Å²) in [4.78, 5) is 0. The molecule has 0 amide bonds. The van der Waals surface area contributed by atoms with Crippen LogP contribution in [0.2, 0.25) is 0 Å². The van der Waals surface area contributed by atoms with E-state index in [2.05, 4.69) is 0 Å². The Bertz CT molecular complexity index is 637. The van der Waals surface area contributed by atoms with Gasteiger partial charge in [0.25, 0.3) is 0 Å². The quantitative estimate of drug-likeness (QED) is 0.661. The van der Waals surface area contributed by atoms with E-state index in [-0.39, 0.29) is 5.75 Å². The number of nitrogens with two attached hydrogens (primary N) is 1. The maximum Gasteiger partial charge on any atom is 0.153 e. The zero-order valence-corrected chi connectivity index (χ0v) is 11.3. The van der Waals surface area contributed by atoms with Crippen LogP contribution < -0.4 is 10.5 Å². The molecule has 0 heterocycles. The molecule has 5 heteroatoms. The minimum absolute atomic E-state index is 0.239. The van der Waals surface area contributed by atoms with Crippen LogP contribution >= 0.6 is 22.6 Å². The smallest absolute Gasteiger partial charge is 0.153 e. The minimum Gasteiger partial charge on any atom is -0.455 e. The summed E-state index contributed by atoms with van der Waals surface area (Å²) in [6.45, 7) is 0. The first-order chi connectivity index (χ1) is 8.60. The van der Waals surface area contributed by atoms with Crippen molar-refractivity contribution in [3.05, 3.63) is 51.3 Å². The Morgan fingerprint density at radius 2 is 2.06 bits per heavy atom. The average molecular weight is 354 g/mol. The summed E-state index contributed by atoms with van der Waals surface area (Å²) in [7, 11) is 0. The SMILES string of the molecule is N#Cc1cccc(Oc2cc(F)c(I)cc2N)c1. The van der Waals surface area contributed by atoms with Crippen LogP contribution in [-0.4, -0.2) is 0 Å². The van der Waals surface area contributed by atoms with Crippen LogP contribution in [0.1, 0.15) is 5.56 Å². The standard InChI is InChI=1S/C13H8FIN2O/c14-10-5-13(12(17)6-11(10)15)18-9-3-1-2-8(4-9)7-16/h1-6H,17H2. The van der Waals surface area contributed by atoms with Crippen molar-refractivity contribution in [1.82, 2.24) is 0 Å². The third kappa shape index (κ3) is 2.71. The Labute approximate surface area is 117 Å². The molecule has 0 aliphatic heterocycles. The summed E-state index contributed by atoms with van der Waals surface area (Å²) in [5.74, 6) is 0.292. The van der Waals surface area contributed by atoms with Crippen molar-refractivity contribution < 1.29 is 9.13 Å². The van der Waals surface area contributed by atoms with Crippen molar-refractivity contribution in [3.63, 3.8) is 0 Å². The van der Waals surface area contributed by atoms with E-state index in [1.54, 1.807) is 24.3 Å². The third-order valence-electron chi connectivity index (χ3n) is 2.24. The molecule has 0 saturated heterocycles. The molecule has 0 atom stereocenters. The molecule has 2 aromatic rings. The molecule has 90 valence electrons. The zero-order chi connectivity index (χ0) is 13.1. The highest BCUT2D eigenvalue weighted by Crippen LogP contribution is 2.30. The number of halogens is 2. The van der Waals surface area contributed by atoms with Gasteiger partial charge in [0.2, 0.25) is 0 Å². The molecule has 0 fully saturated rings. The highest BCUT2D eigenvalue weighted by molar-refractivity contribution is 14.1. The zero-order valence-electron chi connectivity index (χ0n) is 9.15. The first-order valence-electron chi connectivity index (χ1n) is 5.02. The van der Waals surface area contributed by atoms with E-state index < -0.39 is 5.82 Å². The summed E-state index contributed by atoms with van der Waals surface area (Å²) in [5, 5.41) is 8.77. The van der Waals surface area contributed by atoms with E-state index in [0.29, 0.717) is 20.6 Å². The van der Waals surface area contributed by atoms with Crippen molar-refractivity contribution in [3.8, 4) is 17.6 Å². The summed E-state index contributed by atoms with van der Waals surface area (Å²) < 4.78 is 19.3. The molecule has 0 aromatic heterocycles. The lowest BCUT2D eigenvalue weighted by Crippen LogP contribution is -1.95. The Hall–Kier alpha value is -1.81. The second-order valence-electron chi connectivity index (χ2n) is 3.55. The van der Waals surface area contributed by atoms with Crippen LogP contribution in [0, 0.1) is 20.7 Å². The number of nitriles is 1. The highest BCUT2D eigenvalue weighted by atomic mass is 127. The Morgan fingerprint density at radius 3 is 2.78 bits per heavy atom. The molecule has 0 saturated carbocycles. The Morgan fingerprint density at radius 1 is 1.28 bits per heavy atom. The van der Waals surface area contributed by atoms with Crippen LogP contribution in [0.25, 0.3) is 0 Å². The fraction of sp³-hybridized carbons (Fsp3) is 0. The van der Waals surface area contributed by atoms with Gasteiger partial charge in [-0.1, -0.05) is 6.07 Å². The first kappa shape index (κ1) is 12.6. The van der Waals surface area contributed by atoms with Crippen LogP contribution in [0.4, 0.5) is 10.1 Å². The van der Waals surface area contributed by atoms with Gasteiger partial charge in [0.15, 0.2) is 5.75 Å². The van der Waals surface area contributed by atoms with E-state index in [4.69, 9.17) is 15.7 Å². The van der Waals surface area contributed by atoms with Crippen LogP contribution in [0.5, 0.6) is 11.5 Å². The van der Waals surface area contributed by atoms with E-state index in [1.165, 1.54) is 12.1 Å². The Kier molecular flexibility index (Phi) is 3.67. The lowest BCUT2D eigenvalue weighted by Gasteiger charge is -2.09. The van der Waals surface area contributed by atoms with Gasteiger partial charge >= 0.3 is 0 Å². The normalized spacial score (nSPS) is 9.83. The number of nitrogens with zero attached hydrogens (tertiary/aromatic N) is 1. The van der Waals surface area contributed by atoms with E-state index in [1.807, 2.05) is 28.7 Å². The highest BCUT2D eigenvalue weighted by Gasteiger charge is 2.08. The second-order valence-corrected chi connectivity index (χ2v) is 4.71. The molecule has 2 N–H and O–H groups in total. The third-order valence-corrected chi connectivity index (χ3v) is 3.07. The molecule has 18 heavy (non-hydrogen) atoms. The van der Waals surface area contributed by atoms with Gasteiger partial charge in [-0.2, -0.15) is 5.26 Å². The molecule has 0 radical (unpaired) electrons. The maximum absolute atomic E-state index is 13.4. The average Bonchev–Trinajstić information content (AvgIpc) is 2.36. The van der Waals surface area contributed by atoms with Crippen molar-refractivity contribution in [2.75, 3.05) is 5.73 Å². The lowest BCUT2D eigenvalue weighted by molar-refractivity contribution is 0.478. The predicted octanol–water partition coefficient (Wildman–Crippen LogP) is 3.68. The van der Waals surface area contributed by atoms with Crippen LogP contribution in [-0.2, 0) is 0 Å². The Balaban J connectivity index is 2.34. The largest absolute Gasteiger partial charge is 0.455 e. The molecule has 2 rings (SSSR count). The van der Waals surface area contributed by atoms with Crippen LogP contribution in [0.3, 0.4) is 0 Å². The van der Waals surface area contributed by atoms with Gasteiger partial charge in [-0.25, -0.2) is 4.39 Å². The van der Waals surface area contributed by atoms with Gasteiger partial charge in [0.05, 0.1) is 20.9 Å². The summed E-state index contributed by atoms with van der Waals surface area (Å²) in [6.07, 6.45) is 0. The van der Waals surface area contributed by atoms with Gasteiger partial charge in [-0.05, 0) is 46.9 Å². The minimum atomic E-state index is -0.392. The van der Waals surface area contributed by atoms with Gasteiger partial charge < -0.3 is 10.5 Å². The molecule has 0 unspecified atom stereocenters. The molecule has 0 bridgehead atoms. The van der Waals surface area contributed by atoms with Gasteiger partial charge in [0.1, 0.15) is 11.6 Å². The second kappa shape index (κ2) is 5.23.